The molecule has 0 radical (unpaired) electrons. The van der Waals surface area contributed by atoms with Gasteiger partial charge in [-0.05, 0) is 171 Å². The summed E-state index contributed by atoms with van der Waals surface area (Å²) in [6, 6.07) is 25.3. The van der Waals surface area contributed by atoms with E-state index in [0.717, 1.165) is 59.9 Å². The molecule has 0 amide bonds. The van der Waals surface area contributed by atoms with E-state index in [1.165, 1.54) is 96.9 Å². The van der Waals surface area contributed by atoms with Crippen molar-refractivity contribution in [2.75, 3.05) is 43.1 Å². The zero-order chi connectivity index (χ0) is 74.4. The molecule has 39 nitrogen and oxygen atoms in total. The van der Waals surface area contributed by atoms with Crippen molar-refractivity contribution in [3.63, 3.8) is 0 Å². The largest absolute Gasteiger partial charge is 0.505 e. The number of azo groups is 4. The SMILES string of the molecule is CN(CCS(=O)(=O)c1ccc(N=Nc2c(S(=O)(=O)O)cc3cc(SOOO)c(N=Nc4ccc(SC#COOS(=O)(=O)O)cc4)c(O)c3c2N)cc1)CCS(=O)(=O)c1ccc(N=Nc2c(S(=O)(=O)O)cc3cc(SOOO)c(N=Nc4ccc(SC#COOS(=O)(=O)O)cc4)c(O)c3c2N)cc1. The van der Waals surface area contributed by atoms with Crippen LogP contribution in [-0.4, -0.2) is 126 Å². The summed E-state index contributed by atoms with van der Waals surface area (Å²) in [5.74, 6) is -2.53. The molecule has 538 valence electrons. The number of benzene rings is 8. The van der Waals surface area contributed by atoms with Crippen molar-refractivity contribution in [3.05, 3.63) is 121 Å². The maximum atomic E-state index is 13.5. The molecule has 0 bridgehead atoms. The van der Waals surface area contributed by atoms with Crippen molar-refractivity contribution in [1.82, 2.24) is 4.90 Å². The van der Waals surface area contributed by atoms with Crippen molar-refractivity contribution >= 4 is 187 Å². The van der Waals surface area contributed by atoms with Crippen LogP contribution in [0.4, 0.5) is 56.9 Å². The molecule has 0 aliphatic carbocycles. The fourth-order valence-corrected chi connectivity index (χ4v) is 14.5. The third kappa shape index (κ3) is 21.6. The average molecular weight is 1600 g/mol. The summed E-state index contributed by atoms with van der Waals surface area (Å²) in [7, 11) is -26.8. The molecule has 102 heavy (non-hydrogen) atoms. The van der Waals surface area contributed by atoms with Crippen LogP contribution < -0.4 is 11.5 Å². The first-order chi connectivity index (χ1) is 48.0. The van der Waals surface area contributed by atoms with E-state index in [0.29, 0.717) is 9.79 Å². The van der Waals surface area contributed by atoms with Crippen LogP contribution >= 0.6 is 47.6 Å². The van der Waals surface area contributed by atoms with E-state index in [2.05, 4.69) is 88.6 Å². The van der Waals surface area contributed by atoms with Gasteiger partial charge in [0.05, 0.1) is 100 Å². The smallest absolute Gasteiger partial charge is 0.433 e. The quantitative estimate of drug-likeness (QED) is 0.00292. The first-order valence-electron chi connectivity index (χ1n) is 26.7. The molecule has 12 N–H and O–H groups in total. The minimum absolute atomic E-state index is 0.0642. The van der Waals surface area contributed by atoms with Crippen molar-refractivity contribution in [2.45, 2.75) is 39.2 Å². The zero-order valence-electron chi connectivity index (χ0n) is 50.4. The molecule has 0 saturated carbocycles. The Bertz CT molecular complexity index is 5160. The van der Waals surface area contributed by atoms with Gasteiger partial charge in [-0.15, -0.1) is 29.1 Å². The van der Waals surface area contributed by atoms with Gasteiger partial charge >= 0.3 is 20.8 Å². The summed E-state index contributed by atoms with van der Waals surface area (Å²) >= 11 is 2.26. The fourth-order valence-electron chi connectivity index (χ4n) is 8.29. The van der Waals surface area contributed by atoms with Gasteiger partial charge in [0.25, 0.3) is 20.2 Å². The van der Waals surface area contributed by atoms with Crippen molar-refractivity contribution in [3.8, 4) is 34.2 Å². The molecule has 49 heteroatoms. The van der Waals surface area contributed by atoms with Gasteiger partial charge in [0.15, 0.2) is 43.4 Å². The van der Waals surface area contributed by atoms with Crippen molar-refractivity contribution < 1.29 is 127 Å². The van der Waals surface area contributed by atoms with Crippen LogP contribution in [0.5, 0.6) is 11.5 Å². The topological polar surface area (TPSA) is 595 Å². The Morgan fingerprint density at radius 2 is 0.765 bits per heavy atom. The van der Waals surface area contributed by atoms with Gasteiger partial charge in [-0.3, -0.25) is 28.0 Å². The molecule has 0 aliphatic heterocycles. The highest BCUT2D eigenvalue weighted by molar-refractivity contribution is 8.04. The molecule has 0 unspecified atom stereocenters. The number of nitrogen functional groups attached to an aromatic ring is 2. The highest BCUT2D eigenvalue weighted by atomic mass is 32.3. The molecule has 8 aromatic carbocycles. The normalized spacial score (nSPS) is 12.6. The second kappa shape index (κ2) is 34.0. The standard InChI is InChI=1S/C53H43N11O28S10/c1-64(18-24-97(69,70)38-14-6-34(7-15-38)58-62-50-42(99(73,74)75)28-30-26-40(95-89-87-67)48(52(65)44(30)46(50)54)60-56-32-2-10-36(11-3-32)93-22-20-85-91-101(79,80)81)19-25-98(71,72)39-16-8-35(9-17-39)59-63-51-43(100(76,77)78)29-31-27-41(96-90-88-68)49(53(66)45(31)47(51)55)61-57-33-4-12-37(13-5-33)94-23-21-86-92-102(82,83)84/h2-17,26-29,65-68H,18-19,24-25,54-55H2,1H3,(H,73,74,75)(H,76,77,78)(H,79,80,81)(H,82,83,84). The summed E-state index contributed by atoms with van der Waals surface area (Å²) in [4.78, 5) is 7.95. The number of phenols is 2. The number of nitrogens with two attached hydrogens (primary N) is 2. The molecular formula is C53H43N11O28S10. The maximum absolute atomic E-state index is 13.5. The lowest BCUT2D eigenvalue weighted by Crippen LogP contribution is -2.30. The Morgan fingerprint density at radius 3 is 1.07 bits per heavy atom. The van der Waals surface area contributed by atoms with Gasteiger partial charge in [-0.2, -0.15) is 54.1 Å². The number of sulfone groups is 2. The summed E-state index contributed by atoms with van der Waals surface area (Å²) in [5, 5.41) is 84.2. The van der Waals surface area contributed by atoms with Gasteiger partial charge in [-0.25, -0.2) is 27.4 Å². The molecule has 0 heterocycles. The predicted molar refractivity (Wildman–Crippen MR) is 360 cm³/mol. The number of hydrogen-bond acceptors (Lipinski definition) is 39. The monoisotopic (exact) mass is 1600 g/mol. The van der Waals surface area contributed by atoms with Crippen LogP contribution in [0.25, 0.3) is 21.5 Å². The molecule has 0 spiro atoms. The predicted octanol–water partition coefficient (Wildman–Crippen LogP) is 11.3. The molecule has 0 fully saturated rings. The Labute approximate surface area is 592 Å². The van der Waals surface area contributed by atoms with Crippen LogP contribution in [0, 0.1) is 22.7 Å². The van der Waals surface area contributed by atoms with E-state index in [1.54, 1.807) is 0 Å². The number of rotatable bonds is 30. The van der Waals surface area contributed by atoms with Gasteiger partial charge < -0.3 is 26.6 Å². The highest BCUT2D eigenvalue weighted by Crippen LogP contribution is 2.52. The lowest BCUT2D eigenvalue weighted by molar-refractivity contribution is -0.432. The summed E-state index contributed by atoms with van der Waals surface area (Å²) < 4.78 is 201. The lowest BCUT2D eigenvalue weighted by Gasteiger charge is -2.16. The number of thioether (sulfide) groups is 2. The molecule has 0 aromatic heterocycles. The van der Waals surface area contributed by atoms with Crippen molar-refractivity contribution in [1.29, 1.82) is 0 Å². The summed E-state index contributed by atoms with van der Waals surface area (Å²) in [6.45, 7) is -0.345. The lowest BCUT2D eigenvalue weighted by atomic mass is 10.1. The number of phenolic OH excluding ortho intramolecular Hbond substituents is 2. The second-order valence-corrected chi connectivity index (χ2v) is 31.7. The third-order valence-electron chi connectivity index (χ3n) is 12.8. The number of fused-ring (bicyclic) bond motifs is 2. The molecule has 8 aromatic rings. The van der Waals surface area contributed by atoms with Gasteiger partial charge in [0, 0.05) is 33.4 Å². The van der Waals surface area contributed by atoms with E-state index >= 15 is 0 Å². The van der Waals surface area contributed by atoms with Gasteiger partial charge in [0.2, 0.25) is 0 Å². The first-order valence-corrected chi connectivity index (χ1v) is 38.8. The highest BCUT2D eigenvalue weighted by Gasteiger charge is 2.28. The van der Waals surface area contributed by atoms with Crippen LogP contribution in [0.15, 0.2) is 201 Å². The molecule has 0 saturated heterocycles. The van der Waals surface area contributed by atoms with E-state index in [1.807, 2.05) is 12.2 Å². The van der Waals surface area contributed by atoms with Gasteiger partial charge in [0.1, 0.15) is 32.5 Å². The van der Waals surface area contributed by atoms with Crippen LogP contribution in [0.2, 0.25) is 0 Å². The minimum atomic E-state index is -5.17. The number of hydrogen-bond donors (Lipinski definition) is 10. The Kier molecular flexibility index (Phi) is 26.3. The fraction of sp³-hybridized carbons (Fsp3) is 0.0943. The zero-order valence-corrected chi connectivity index (χ0v) is 58.5. The Morgan fingerprint density at radius 1 is 0.451 bits per heavy atom. The number of aromatic hydroxyl groups is 2. The van der Waals surface area contributed by atoms with E-state index in [4.69, 9.17) is 31.1 Å². The first kappa shape index (κ1) is 78.9. The van der Waals surface area contributed by atoms with E-state index in [9.17, 15) is 69.8 Å². The van der Waals surface area contributed by atoms with Gasteiger partial charge in [-0.1, -0.05) is 10.1 Å². The van der Waals surface area contributed by atoms with E-state index in [-0.39, 0.29) is 112 Å². The van der Waals surface area contributed by atoms with Crippen LogP contribution in [-0.2, 0) is 97.9 Å². The number of anilines is 2. The molecule has 0 aliphatic rings. The molecule has 0 atom stereocenters. The Hall–Kier alpha value is -8.82. The maximum Gasteiger partial charge on any atom is 0.433 e. The average Bonchev–Trinajstić information content (AvgIpc) is 0.753. The summed E-state index contributed by atoms with van der Waals surface area (Å²) in [6.07, 6.45) is 3.76. The second-order valence-electron chi connectivity index (χ2n) is 19.5. The van der Waals surface area contributed by atoms with Crippen molar-refractivity contribution in [2.24, 2.45) is 40.9 Å². The molecular weight excluding hydrogens is 1560 g/mol. The van der Waals surface area contributed by atoms with Crippen LogP contribution in [0.1, 0.15) is 0 Å². The van der Waals surface area contributed by atoms with Crippen LogP contribution in [0.3, 0.4) is 0 Å². The third-order valence-corrected chi connectivity index (χ3v) is 21.1. The number of nitrogens with zero attached hydrogens (tertiary/aromatic N) is 9. The molecule has 8 rings (SSSR count). The van der Waals surface area contributed by atoms with E-state index < -0.39 is 116 Å². The minimum Gasteiger partial charge on any atom is -0.505 e. The summed E-state index contributed by atoms with van der Waals surface area (Å²) in [5.41, 5.74) is 9.80. The Balaban J connectivity index is 0.921.